The van der Waals surface area contributed by atoms with Crippen LogP contribution in [0.3, 0.4) is 0 Å². The molecule has 0 bridgehead atoms. The van der Waals surface area contributed by atoms with E-state index in [0.29, 0.717) is 17.3 Å². The lowest BCUT2D eigenvalue weighted by Crippen LogP contribution is -3.02. The summed E-state index contributed by atoms with van der Waals surface area (Å²) in [5.41, 5.74) is 4.54. The number of quaternary nitrogens is 1. The molecule has 0 spiro atoms. The Balaban J connectivity index is 2.04. The topological polar surface area (TPSA) is 70.1 Å². The molecule has 0 fully saturated rings. The predicted molar refractivity (Wildman–Crippen MR) is 77.7 cm³/mol. The first-order valence-electron chi connectivity index (χ1n) is 5.82. The second kappa shape index (κ2) is 5.81. The Morgan fingerprint density at radius 3 is 2.68 bits per heavy atom. The van der Waals surface area contributed by atoms with Crippen LogP contribution >= 0.6 is 23.4 Å². The SMILES string of the molecule is CS[C@@]1([NH2+]Cc2ccc(Cl)cc2)NN=C(C)C(=O)N1. The van der Waals surface area contributed by atoms with Gasteiger partial charge in [-0.25, -0.2) is 5.43 Å². The van der Waals surface area contributed by atoms with Gasteiger partial charge in [0.15, 0.2) is 0 Å². The number of hydrogen-bond donors (Lipinski definition) is 3. The van der Waals surface area contributed by atoms with Crippen molar-refractivity contribution in [2.75, 3.05) is 6.26 Å². The Labute approximate surface area is 121 Å². The maximum atomic E-state index is 11.7. The zero-order valence-corrected chi connectivity index (χ0v) is 12.3. The van der Waals surface area contributed by atoms with Gasteiger partial charge in [-0.15, -0.1) is 0 Å². The maximum Gasteiger partial charge on any atom is 0.316 e. The van der Waals surface area contributed by atoms with Gasteiger partial charge in [0.2, 0.25) is 0 Å². The molecule has 1 aliphatic heterocycles. The van der Waals surface area contributed by atoms with E-state index in [2.05, 4.69) is 15.8 Å². The molecule has 0 unspecified atom stereocenters. The van der Waals surface area contributed by atoms with E-state index in [-0.39, 0.29) is 5.91 Å². The lowest BCUT2D eigenvalue weighted by molar-refractivity contribution is -0.726. The van der Waals surface area contributed by atoms with Crippen molar-refractivity contribution in [3.05, 3.63) is 34.9 Å². The Hall–Kier alpha value is -1.24. The molecule has 5 nitrogen and oxygen atoms in total. The summed E-state index contributed by atoms with van der Waals surface area (Å²) in [4.78, 5) is 11.7. The summed E-state index contributed by atoms with van der Waals surface area (Å²) < 4.78 is 0. The largest absolute Gasteiger partial charge is 0.316 e. The number of nitrogens with two attached hydrogens (primary N) is 1. The predicted octanol–water partition coefficient (Wildman–Crippen LogP) is 0.473. The Bertz CT molecular complexity index is 505. The van der Waals surface area contributed by atoms with Crippen molar-refractivity contribution < 1.29 is 10.1 Å². The molecule has 1 amide bonds. The Morgan fingerprint density at radius 1 is 1.42 bits per heavy atom. The standard InChI is InChI=1S/C12H15ClN4OS/c1-8-11(18)15-12(19-2,17-16-8)14-7-9-3-5-10(13)6-4-9/h3-6,14,17H,7H2,1-2H3,(H,15,18)/p+1/t12-/m1/s1. The minimum Gasteiger partial charge on any atom is -0.292 e. The van der Waals surface area contributed by atoms with E-state index in [1.807, 2.05) is 35.8 Å². The number of amides is 1. The first-order chi connectivity index (χ1) is 9.04. The van der Waals surface area contributed by atoms with E-state index in [4.69, 9.17) is 11.6 Å². The second-order valence-electron chi connectivity index (χ2n) is 4.24. The van der Waals surface area contributed by atoms with Gasteiger partial charge in [-0.1, -0.05) is 23.7 Å². The van der Waals surface area contributed by atoms with Gasteiger partial charge >= 0.3 is 5.12 Å². The van der Waals surface area contributed by atoms with Crippen molar-refractivity contribution in [1.82, 2.24) is 10.7 Å². The minimum absolute atomic E-state index is 0.152. The van der Waals surface area contributed by atoms with Crippen LogP contribution in [-0.4, -0.2) is 23.0 Å². The quantitative estimate of drug-likeness (QED) is 0.708. The van der Waals surface area contributed by atoms with E-state index in [9.17, 15) is 4.79 Å². The molecule has 1 atom stereocenters. The van der Waals surface area contributed by atoms with Gasteiger partial charge < -0.3 is 0 Å². The number of rotatable bonds is 4. The van der Waals surface area contributed by atoms with E-state index in [1.165, 1.54) is 11.8 Å². The smallest absolute Gasteiger partial charge is 0.292 e. The van der Waals surface area contributed by atoms with Crippen LogP contribution in [0.2, 0.25) is 5.02 Å². The van der Waals surface area contributed by atoms with Gasteiger partial charge in [-0.2, -0.15) is 5.10 Å². The molecule has 1 aromatic carbocycles. The number of halogens is 1. The number of benzene rings is 1. The summed E-state index contributed by atoms with van der Waals surface area (Å²) >= 11 is 7.34. The third-order valence-corrected chi connectivity index (χ3v) is 4.13. The van der Waals surface area contributed by atoms with Crippen LogP contribution in [0, 0.1) is 0 Å². The average Bonchev–Trinajstić information content (AvgIpc) is 2.42. The number of carbonyl (C=O) groups is 1. The summed E-state index contributed by atoms with van der Waals surface area (Å²) in [5.74, 6) is -0.152. The van der Waals surface area contributed by atoms with Crippen LogP contribution in [0.15, 0.2) is 29.4 Å². The molecule has 102 valence electrons. The monoisotopic (exact) mass is 299 g/mol. The highest BCUT2D eigenvalue weighted by atomic mass is 35.5. The van der Waals surface area contributed by atoms with Crippen molar-refractivity contribution in [2.24, 2.45) is 5.10 Å². The highest BCUT2D eigenvalue weighted by Crippen LogP contribution is 2.12. The number of carbonyl (C=O) groups excluding carboxylic acids is 1. The second-order valence-corrected chi connectivity index (χ2v) is 5.73. The van der Waals surface area contributed by atoms with Crippen molar-refractivity contribution >= 4 is 35.0 Å². The van der Waals surface area contributed by atoms with Crippen LogP contribution in [0.1, 0.15) is 12.5 Å². The van der Waals surface area contributed by atoms with Gasteiger partial charge in [0.05, 0.1) is 0 Å². The van der Waals surface area contributed by atoms with Crippen molar-refractivity contribution in [3.8, 4) is 0 Å². The number of nitrogens with zero attached hydrogens (tertiary/aromatic N) is 1. The number of hydrazone groups is 1. The molecule has 2 rings (SSSR count). The molecule has 0 saturated heterocycles. The fourth-order valence-corrected chi connectivity index (χ4v) is 2.37. The summed E-state index contributed by atoms with van der Waals surface area (Å²) in [6.07, 6.45) is 1.92. The molecule has 0 saturated carbocycles. The molecule has 1 aromatic rings. The van der Waals surface area contributed by atoms with Crippen molar-refractivity contribution in [1.29, 1.82) is 0 Å². The Morgan fingerprint density at radius 2 is 2.11 bits per heavy atom. The fraction of sp³-hybridized carbons (Fsp3) is 0.333. The molecule has 7 heteroatoms. The molecular weight excluding hydrogens is 284 g/mol. The van der Waals surface area contributed by atoms with Crippen molar-refractivity contribution in [2.45, 2.75) is 18.6 Å². The van der Waals surface area contributed by atoms with Crippen LogP contribution in [0.25, 0.3) is 0 Å². The fourth-order valence-electron chi connectivity index (χ4n) is 1.66. The highest BCUT2D eigenvalue weighted by Gasteiger charge is 2.38. The lowest BCUT2D eigenvalue weighted by atomic mass is 10.2. The normalized spacial score (nSPS) is 22.5. The molecule has 19 heavy (non-hydrogen) atoms. The van der Waals surface area contributed by atoms with Crippen molar-refractivity contribution in [3.63, 3.8) is 0 Å². The lowest BCUT2D eigenvalue weighted by Gasteiger charge is -2.32. The van der Waals surface area contributed by atoms with Crippen LogP contribution in [0.5, 0.6) is 0 Å². The molecular formula is C12H16ClN4OS+. The molecule has 0 radical (unpaired) electrons. The van der Waals surface area contributed by atoms with Gasteiger partial charge in [0.25, 0.3) is 5.91 Å². The summed E-state index contributed by atoms with van der Waals surface area (Å²) in [6.45, 7) is 2.38. The summed E-state index contributed by atoms with van der Waals surface area (Å²) in [6, 6.07) is 7.63. The van der Waals surface area contributed by atoms with E-state index >= 15 is 0 Å². The third kappa shape index (κ3) is 3.40. The molecule has 0 aliphatic carbocycles. The first-order valence-corrected chi connectivity index (χ1v) is 7.43. The average molecular weight is 300 g/mol. The van der Waals surface area contributed by atoms with E-state index < -0.39 is 5.12 Å². The highest BCUT2D eigenvalue weighted by molar-refractivity contribution is 7.99. The zero-order valence-electron chi connectivity index (χ0n) is 10.7. The molecule has 1 aliphatic rings. The van der Waals surface area contributed by atoms with E-state index in [1.54, 1.807) is 6.92 Å². The molecule has 4 N–H and O–H groups in total. The zero-order chi connectivity index (χ0) is 13.9. The van der Waals surface area contributed by atoms with Crippen LogP contribution in [-0.2, 0) is 11.3 Å². The summed E-state index contributed by atoms with van der Waals surface area (Å²) in [7, 11) is 0. The maximum absolute atomic E-state index is 11.7. The minimum atomic E-state index is -0.657. The molecule has 0 aromatic heterocycles. The van der Waals surface area contributed by atoms with Crippen LogP contribution in [0.4, 0.5) is 0 Å². The number of nitrogens with one attached hydrogen (secondary N) is 2. The van der Waals surface area contributed by atoms with Gasteiger partial charge in [0.1, 0.15) is 12.3 Å². The van der Waals surface area contributed by atoms with Gasteiger partial charge in [0, 0.05) is 10.6 Å². The number of thioether (sulfide) groups is 1. The number of hydrogen-bond acceptors (Lipinski definition) is 4. The van der Waals surface area contributed by atoms with Gasteiger partial charge in [-0.05, 0) is 37.1 Å². The Kier molecular flexibility index (Phi) is 4.34. The van der Waals surface area contributed by atoms with E-state index in [0.717, 1.165) is 5.56 Å². The first kappa shape index (κ1) is 14.2. The summed E-state index contributed by atoms with van der Waals surface area (Å²) in [5, 5.41) is 9.01. The molecule has 1 heterocycles. The van der Waals surface area contributed by atoms with Gasteiger partial charge in [-0.3, -0.25) is 15.4 Å². The van der Waals surface area contributed by atoms with Crippen LogP contribution < -0.4 is 16.1 Å². The third-order valence-electron chi connectivity index (χ3n) is 2.88.